The first-order valence-electron chi connectivity index (χ1n) is 6.00. The van der Waals surface area contributed by atoms with Gasteiger partial charge in [-0.15, -0.1) is 0 Å². The van der Waals surface area contributed by atoms with E-state index in [-0.39, 0.29) is 0 Å². The summed E-state index contributed by atoms with van der Waals surface area (Å²) in [7, 11) is 0. The van der Waals surface area contributed by atoms with Crippen molar-refractivity contribution in [1.29, 1.82) is 0 Å². The van der Waals surface area contributed by atoms with Crippen molar-refractivity contribution in [2.45, 2.75) is 18.8 Å². The fourth-order valence-electron chi connectivity index (χ4n) is 3.08. The van der Waals surface area contributed by atoms with E-state index in [0.717, 1.165) is 6.54 Å². The van der Waals surface area contributed by atoms with E-state index in [1.165, 1.54) is 41.8 Å². The van der Waals surface area contributed by atoms with E-state index in [2.05, 4.69) is 51.3 Å². The lowest BCUT2D eigenvalue weighted by Gasteiger charge is -2.23. The Morgan fingerprint density at radius 1 is 1.50 bits per heavy atom. The lowest BCUT2D eigenvalue weighted by molar-refractivity contribution is 0.333. The molecule has 1 spiro atoms. The number of hydrogen-bond acceptors (Lipinski definition) is 2. The molecule has 0 amide bonds. The number of benzene rings is 1. The predicted octanol–water partition coefficient (Wildman–Crippen LogP) is 2.84. The third-order valence-electron chi connectivity index (χ3n) is 4.05. The molecule has 1 aromatic carbocycles. The summed E-state index contributed by atoms with van der Waals surface area (Å²) in [5.74, 6) is 0. The predicted molar refractivity (Wildman–Crippen MR) is 71.0 cm³/mol. The number of hydrogen-bond donors (Lipinski definition) is 1. The van der Waals surface area contributed by atoms with Gasteiger partial charge in [0.05, 0.1) is 0 Å². The number of halogens is 1. The Morgan fingerprint density at radius 2 is 2.38 bits per heavy atom. The topological polar surface area (TPSA) is 15.3 Å². The quantitative estimate of drug-likeness (QED) is 0.851. The van der Waals surface area contributed by atoms with E-state index in [4.69, 9.17) is 0 Å². The van der Waals surface area contributed by atoms with Crippen LogP contribution in [0.5, 0.6) is 0 Å². The van der Waals surface area contributed by atoms with Gasteiger partial charge in [-0.05, 0) is 37.2 Å². The van der Waals surface area contributed by atoms with Crippen molar-refractivity contribution in [3.05, 3.63) is 28.2 Å². The fraction of sp³-hybridized carbons (Fsp3) is 0.538. The molecule has 0 aliphatic carbocycles. The molecule has 1 atom stereocenters. The molecule has 86 valence electrons. The zero-order valence-corrected chi connectivity index (χ0v) is 11.2. The maximum Gasteiger partial charge on any atom is 0.0391 e. The molecule has 2 nitrogen and oxygen atoms in total. The van der Waals surface area contributed by atoms with Crippen LogP contribution < -0.4 is 5.32 Å². The van der Waals surface area contributed by atoms with E-state index in [1.807, 2.05) is 0 Å². The van der Waals surface area contributed by atoms with Gasteiger partial charge >= 0.3 is 0 Å². The summed E-state index contributed by atoms with van der Waals surface area (Å²) in [6.45, 7) is 6.99. The number of rotatable bonds is 1. The van der Waals surface area contributed by atoms with Crippen molar-refractivity contribution in [3.8, 4) is 0 Å². The summed E-state index contributed by atoms with van der Waals surface area (Å²) in [6.07, 6.45) is 1.29. The molecular weight excluding hydrogens is 264 g/mol. The second kappa shape index (κ2) is 3.74. The highest BCUT2D eigenvalue weighted by Gasteiger charge is 2.43. The van der Waals surface area contributed by atoms with Crippen molar-refractivity contribution in [2.75, 3.05) is 31.5 Å². The van der Waals surface area contributed by atoms with Crippen LogP contribution in [0.1, 0.15) is 18.9 Å². The van der Waals surface area contributed by atoms with Gasteiger partial charge in [0, 0.05) is 28.7 Å². The van der Waals surface area contributed by atoms with Gasteiger partial charge in [0.15, 0.2) is 0 Å². The number of anilines is 1. The number of fused-ring (bicyclic) bond motifs is 2. The van der Waals surface area contributed by atoms with Gasteiger partial charge < -0.3 is 10.2 Å². The minimum absolute atomic E-state index is 0.381. The Balaban J connectivity index is 1.97. The normalized spacial score (nSPS) is 28.4. The molecule has 1 aromatic rings. The Labute approximate surface area is 105 Å². The molecule has 2 heterocycles. The molecule has 0 radical (unpaired) electrons. The molecule has 3 heteroatoms. The van der Waals surface area contributed by atoms with Crippen LogP contribution in [0.2, 0.25) is 0 Å². The molecule has 3 rings (SSSR count). The van der Waals surface area contributed by atoms with Gasteiger partial charge in [-0.2, -0.15) is 0 Å². The summed E-state index contributed by atoms with van der Waals surface area (Å²) in [6, 6.07) is 6.67. The second-order valence-electron chi connectivity index (χ2n) is 4.94. The highest BCUT2D eigenvalue weighted by atomic mass is 79.9. The van der Waals surface area contributed by atoms with Gasteiger partial charge in [0.25, 0.3) is 0 Å². The van der Waals surface area contributed by atoms with Crippen molar-refractivity contribution in [2.24, 2.45) is 0 Å². The third-order valence-corrected chi connectivity index (χ3v) is 4.54. The van der Waals surface area contributed by atoms with Crippen molar-refractivity contribution < 1.29 is 0 Å². The maximum absolute atomic E-state index is 3.56. The average molecular weight is 281 g/mol. The Morgan fingerprint density at radius 3 is 3.12 bits per heavy atom. The minimum Gasteiger partial charge on any atom is -0.384 e. The van der Waals surface area contributed by atoms with E-state index in [1.54, 1.807) is 0 Å². The molecule has 1 unspecified atom stereocenters. The van der Waals surface area contributed by atoms with E-state index in [0.29, 0.717) is 5.41 Å². The highest BCUT2D eigenvalue weighted by molar-refractivity contribution is 9.10. The van der Waals surface area contributed by atoms with Crippen molar-refractivity contribution >= 4 is 21.6 Å². The maximum atomic E-state index is 3.56. The van der Waals surface area contributed by atoms with Gasteiger partial charge in [-0.3, -0.25) is 0 Å². The standard InChI is InChI=1S/C13H17BrN2/c1-2-16-6-5-13(9-16)8-15-12-7-10(14)3-4-11(12)13/h3-4,7,15H,2,5-6,8-9H2,1H3. The summed E-state index contributed by atoms with van der Waals surface area (Å²) in [5, 5.41) is 3.56. The number of likely N-dealkylation sites (N-methyl/N-ethyl adjacent to an activating group) is 1. The van der Waals surface area contributed by atoms with Crippen molar-refractivity contribution in [3.63, 3.8) is 0 Å². The Kier molecular flexibility index (Phi) is 2.48. The van der Waals surface area contributed by atoms with Gasteiger partial charge in [0.1, 0.15) is 0 Å². The number of nitrogens with one attached hydrogen (secondary N) is 1. The summed E-state index contributed by atoms with van der Waals surface area (Å²) in [4.78, 5) is 2.55. The van der Waals surface area contributed by atoms with Gasteiger partial charge in [-0.1, -0.05) is 28.9 Å². The van der Waals surface area contributed by atoms with Crippen LogP contribution in [-0.2, 0) is 5.41 Å². The first-order valence-corrected chi connectivity index (χ1v) is 6.79. The van der Waals surface area contributed by atoms with Crippen LogP contribution in [0, 0.1) is 0 Å². The Hall–Kier alpha value is -0.540. The molecule has 1 N–H and O–H groups in total. The summed E-state index contributed by atoms with van der Waals surface area (Å²) in [5.41, 5.74) is 3.23. The molecule has 1 saturated heterocycles. The summed E-state index contributed by atoms with van der Waals surface area (Å²) >= 11 is 3.54. The molecule has 1 fully saturated rings. The lowest BCUT2D eigenvalue weighted by atomic mass is 9.82. The molecule has 0 saturated carbocycles. The molecule has 2 aliphatic rings. The van der Waals surface area contributed by atoms with Crippen molar-refractivity contribution in [1.82, 2.24) is 4.90 Å². The van der Waals surface area contributed by atoms with Crippen LogP contribution in [0.15, 0.2) is 22.7 Å². The number of likely N-dealkylation sites (tertiary alicyclic amines) is 1. The largest absolute Gasteiger partial charge is 0.384 e. The molecular formula is C13H17BrN2. The van der Waals surface area contributed by atoms with E-state index >= 15 is 0 Å². The zero-order chi connectivity index (χ0) is 11.2. The molecule has 2 aliphatic heterocycles. The zero-order valence-electron chi connectivity index (χ0n) is 9.59. The smallest absolute Gasteiger partial charge is 0.0391 e. The Bertz CT molecular complexity index is 418. The fourth-order valence-corrected chi connectivity index (χ4v) is 3.44. The van der Waals surface area contributed by atoms with E-state index in [9.17, 15) is 0 Å². The number of nitrogens with zero attached hydrogens (tertiary/aromatic N) is 1. The van der Waals surface area contributed by atoms with Crippen LogP contribution >= 0.6 is 15.9 Å². The SMILES string of the molecule is CCN1CCC2(CNc3cc(Br)ccc32)C1. The summed E-state index contributed by atoms with van der Waals surface area (Å²) < 4.78 is 1.17. The van der Waals surface area contributed by atoms with Crippen LogP contribution in [0.3, 0.4) is 0 Å². The first kappa shape index (κ1) is 10.6. The van der Waals surface area contributed by atoms with Crippen LogP contribution in [0.4, 0.5) is 5.69 Å². The van der Waals surface area contributed by atoms with Gasteiger partial charge in [0.2, 0.25) is 0 Å². The third kappa shape index (κ3) is 1.49. The van der Waals surface area contributed by atoms with Crippen LogP contribution in [-0.4, -0.2) is 31.1 Å². The molecule has 16 heavy (non-hydrogen) atoms. The first-order chi connectivity index (χ1) is 7.73. The lowest BCUT2D eigenvalue weighted by Crippen LogP contribution is -2.32. The monoisotopic (exact) mass is 280 g/mol. The average Bonchev–Trinajstić information content (AvgIpc) is 2.85. The van der Waals surface area contributed by atoms with Crippen LogP contribution in [0.25, 0.3) is 0 Å². The molecule has 0 aromatic heterocycles. The van der Waals surface area contributed by atoms with Gasteiger partial charge in [-0.25, -0.2) is 0 Å². The second-order valence-corrected chi connectivity index (χ2v) is 5.86. The minimum atomic E-state index is 0.381. The highest BCUT2D eigenvalue weighted by Crippen LogP contribution is 2.43. The molecule has 0 bridgehead atoms. The van der Waals surface area contributed by atoms with E-state index < -0.39 is 0 Å².